The molecule has 0 aliphatic rings. The van der Waals surface area contributed by atoms with Gasteiger partial charge in [-0.3, -0.25) is 4.79 Å². The molecule has 1 aromatic rings. The van der Waals surface area contributed by atoms with Crippen molar-refractivity contribution in [3.63, 3.8) is 0 Å². The van der Waals surface area contributed by atoms with E-state index in [0.29, 0.717) is 0 Å². The van der Waals surface area contributed by atoms with Crippen LogP contribution in [0.15, 0.2) is 0 Å². The number of alkyl halides is 1. The molecule has 0 saturated carbocycles. The van der Waals surface area contributed by atoms with Gasteiger partial charge in [-0.2, -0.15) is 0 Å². The van der Waals surface area contributed by atoms with Crippen molar-refractivity contribution in [2.45, 2.75) is 11.2 Å². The van der Waals surface area contributed by atoms with Crippen LogP contribution >= 0.6 is 15.9 Å². The highest BCUT2D eigenvalue weighted by atomic mass is 79.9. The van der Waals surface area contributed by atoms with Gasteiger partial charge >= 0.3 is 0 Å². The van der Waals surface area contributed by atoms with Gasteiger partial charge in [0.2, 0.25) is 11.7 Å². The fourth-order valence-corrected chi connectivity index (χ4v) is 1.43. The number of nitrogens with two attached hydrogens (primary N) is 1. The van der Waals surface area contributed by atoms with Gasteiger partial charge in [-0.15, -0.1) is 0 Å². The number of hydrogen-bond donors (Lipinski definition) is 1. The first-order valence-electron chi connectivity index (χ1n) is 4.21. The molecule has 1 aromatic carbocycles. The minimum atomic E-state index is -2.24. The van der Waals surface area contributed by atoms with Crippen molar-refractivity contribution in [2.24, 2.45) is 5.73 Å². The molecule has 1 unspecified atom stereocenters. The van der Waals surface area contributed by atoms with Crippen LogP contribution in [0.3, 0.4) is 0 Å². The van der Waals surface area contributed by atoms with Gasteiger partial charge in [-0.25, -0.2) is 22.0 Å². The minimum absolute atomic E-state index is 0.735. The molecule has 0 aromatic heterocycles. The molecule has 1 rings (SSSR count). The zero-order chi connectivity index (χ0) is 13.3. The predicted molar refractivity (Wildman–Crippen MR) is 51.8 cm³/mol. The van der Waals surface area contributed by atoms with Crippen molar-refractivity contribution in [1.29, 1.82) is 0 Å². The first-order valence-corrected chi connectivity index (χ1v) is 5.12. The second kappa shape index (κ2) is 4.99. The zero-order valence-corrected chi connectivity index (χ0v) is 9.62. The van der Waals surface area contributed by atoms with E-state index in [-0.39, 0.29) is 0 Å². The monoisotopic (exact) mass is 317 g/mol. The highest BCUT2D eigenvalue weighted by Gasteiger charge is 2.27. The van der Waals surface area contributed by atoms with Gasteiger partial charge in [-0.05, 0) is 6.42 Å². The Balaban J connectivity index is 3.30. The van der Waals surface area contributed by atoms with Crippen LogP contribution in [0.25, 0.3) is 0 Å². The maximum Gasteiger partial charge on any atom is 0.231 e. The van der Waals surface area contributed by atoms with E-state index in [1.54, 1.807) is 0 Å². The van der Waals surface area contributed by atoms with Crippen LogP contribution in [-0.4, -0.2) is 10.7 Å². The number of rotatable bonds is 3. The molecule has 0 aliphatic carbocycles. The topological polar surface area (TPSA) is 43.1 Å². The largest absolute Gasteiger partial charge is 0.369 e. The molecule has 0 saturated heterocycles. The van der Waals surface area contributed by atoms with Crippen LogP contribution in [0.5, 0.6) is 0 Å². The molecule has 2 N–H and O–H groups in total. The van der Waals surface area contributed by atoms with Crippen LogP contribution in [-0.2, 0) is 11.2 Å². The van der Waals surface area contributed by atoms with Crippen LogP contribution in [0.1, 0.15) is 5.56 Å². The fourth-order valence-electron chi connectivity index (χ4n) is 1.11. The van der Waals surface area contributed by atoms with E-state index in [9.17, 15) is 26.7 Å². The predicted octanol–water partition coefficient (Wildman–Crippen LogP) is 2.17. The quantitative estimate of drug-likeness (QED) is 0.395. The second-order valence-electron chi connectivity index (χ2n) is 3.12. The lowest BCUT2D eigenvalue weighted by atomic mass is 10.1. The number of carbonyl (C=O) groups is 1. The highest BCUT2D eigenvalue weighted by molar-refractivity contribution is 9.10. The lowest BCUT2D eigenvalue weighted by Gasteiger charge is -2.10. The number of hydrogen-bond acceptors (Lipinski definition) is 1. The average molecular weight is 318 g/mol. The van der Waals surface area contributed by atoms with Crippen LogP contribution in [0.4, 0.5) is 22.0 Å². The molecule has 1 atom stereocenters. The zero-order valence-electron chi connectivity index (χ0n) is 8.04. The summed E-state index contributed by atoms with van der Waals surface area (Å²) in [5.74, 6) is -11.3. The molecule has 0 aliphatic heterocycles. The Morgan fingerprint density at radius 1 is 1.00 bits per heavy atom. The van der Waals surface area contributed by atoms with Crippen molar-refractivity contribution < 1.29 is 26.7 Å². The second-order valence-corrected chi connectivity index (χ2v) is 4.23. The summed E-state index contributed by atoms with van der Waals surface area (Å²) < 4.78 is 64.5. The van der Waals surface area contributed by atoms with E-state index in [1.165, 1.54) is 0 Å². The van der Waals surface area contributed by atoms with E-state index in [2.05, 4.69) is 15.9 Å². The van der Waals surface area contributed by atoms with E-state index >= 15 is 0 Å². The number of benzene rings is 1. The molecule has 0 spiro atoms. The molecule has 0 bridgehead atoms. The summed E-state index contributed by atoms with van der Waals surface area (Å²) in [6.07, 6.45) is -0.735. The lowest BCUT2D eigenvalue weighted by molar-refractivity contribution is -0.117. The standard InChI is InChI=1S/C9H5BrF5NO/c10-3(9(16)17)1-2-4(11)6(13)8(15)7(14)5(2)12/h3H,1H2,(H2,16,17). The van der Waals surface area contributed by atoms with E-state index in [4.69, 9.17) is 5.73 Å². The molecule has 0 heterocycles. The lowest BCUT2D eigenvalue weighted by Crippen LogP contribution is -2.26. The Labute approximate surface area is 101 Å². The minimum Gasteiger partial charge on any atom is -0.369 e. The Bertz CT molecular complexity index is 450. The summed E-state index contributed by atoms with van der Waals surface area (Å²) in [6.45, 7) is 0. The van der Waals surface area contributed by atoms with Crippen molar-refractivity contribution in [3.05, 3.63) is 34.6 Å². The number of carbonyl (C=O) groups excluding carboxylic acids is 1. The summed E-state index contributed by atoms with van der Waals surface area (Å²) in [5, 5.41) is 0. The van der Waals surface area contributed by atoms with Gasteiger partial charge in [0.05, 0.1) is 4.83 Å². The molecule has 17 heavy (non-hydrogen) atoms. The Morgan fingerprint density at radius 2 is 1.35 bits per heavy atom. The molecule has 8 heteroatoms. The molecular formula is C9H5BrF5NO. The fraction of sp³-hybridized carbons (Fsp3) is 0.222. The van der Waals surface area contributed by atoms with E-state index in [1.807, 2.05) is 0 Å². The summed E-state index contributed by atoms with van der Waals surface area (Å²) >= 11 is 2.67. The first-order chi connectivity index (χ1) is 7.77. The molecule has 2 nitrogen and oxygen atoms in total. The third-order valence-electron chi connectivity index (χ3n) is 1.99. The Hall–Kier alpha value is -1.18. The van der Waals surface area contributed by atoms with Crippen molar-refractivity contribution in [3.8, 4) is 0 Å². The summed E-state index contributed by atoms with van der Waals surface area (Å²) in [5.41, 5.74) is 3.72. The Kier molecular flexibility index (Phi) is 4.07. The van der Waals surface area contributed by atoms with Gasteiger partial charge in [0.15, 0.2) is 23.3 Å². The Morgan fingerprint density at radius 3 is 1.71 bits per heavy atom. The molecule has 0 radical (unpaired) electrons. The molecule has 0 fully saturated rings. The maximum absolute atomic E-state index is 13.1. The SMILES string of the molecule is NC(=O)C(Br)Cc1c(F)c(F)c(F)c(F)c1F. The molecule has 1 amide bonds. The third-order valence-corrected chi connectivity index (χ3v) is 2.77. The number of primary amides is 1. The third kappa shape index (κ3) is 2.56. The van der Waals surface area contributed by atoms with Crippen molar-refractivity contribution in [2.75, 3.05) is 0 Å². The van der Waals surface area contributed by atoms with Crippen LogP contribution in [0, 0.1) is 29.1 Å². The normalized spacial score (nSPS) is 12.6. The average Bonchev–Trinajstić information content (AvgIpc) is 2.29. The maximum atomic E-state index is 13.1. The highest BCUT2D eigenvalue weighted by Crippen LogP contribution is 2.25. The summed E-state index contributed by atoms with van der Waals surface area (Å²) in [6, 6.07) is 0. The van der Waals surface area contributed by atoms with Crippen molar-refractivity contribution in [1.82, 2.24) is 0 Å². The van der Waals surface area contributed by atoms with Gasteiger partial charge in [0, 0.05) is 5.56 Å². The molecular weight excluding hydrogens is 313 g/mol. The van der Waals surface area contributed by atoms with Crippen LogP contribution < -0.4 is 5.73 Å². The smallest absolute Gasteiger partial charge is 0.231 e. The summed E-state index contributed by atoms with van der Waals surface area (Å²) in [4.78, 5) is 9.41. The molecule has 94 valence electrons. The van der Waals surface area contributed by atoms with Gasteiger partial charge in [0.1, 0.15) is 0 Å². The van der Waals surface area contributed by atoms with E-state index < -0.39 is 51.8 Å². The number of amides is 1. The van der Waals surface area contributed by atoms with Gasteiger partial charge in [-0.1, -0.05) is 15.9 Å². The van der Waals surface area contributed by atoms with Gasteiger partial charge in [0.25, 0.3) is 0 Å². The van der Waals surface area contributed by atoms with Gasteiger partial charge < -0.3 is 5.73 Å². The number of halogens is 6. The van der Waals surface area contributed by atoms with Crippen molar-refractivity contribution >= 4 is 21.8 Å². The van der Waals surface area contributed by atoms with Crippen LogP contribution in [0.2, 0.25) is 0 Å². The summed E-state index contributed by atoms with van der Waals surface area (Å²) in [7, 11) is 0. The van der Waals surface area contributed by atoms with E-state index in [0.717, 1.165) is 0 Å². The first kappa shape index (κ1) is 13.9.